The van der Waals surface area contributed by atoms with E-state index in [-0.39, 0.29) is 19.6 Å². The van der Waals surface area contributed by atoms with Crippen LogP contribution in [0, 0.1) is 36.5 Å². The van der Waals surface area contributed by atoms with Gasteiger partial charge < -0.3 is 18.9 Å². The van der Waals surface area contributed by atoms with Crippen LogP contribution in [0.4, 0.5) is 4.79 Å². The monoisotopic (exact) mass is 552 g/mol. The quantitative estimate of drug-likeness (QED) is 0.157. The highest BCUT2D eigenvalue weighted by Gasteiger charge is 2.30. The van der Waals surface area contributed by atoms with Crippen LogP contribution in [0.1, 0.15) is 53.3 Å². The van der Waals surface area contributed by atoms with Crippen LogP contribution in [0.3, 0.4) is 0 Å². The third-order valence-electron chi connectivity index (χ3n) is 5.94. The third kappa shape index (κ3) is 9.02. The molecule has 3 aromatic carbocycles. The molecule has 0 saturated carbocycles. The van der Waals surface area contributed by atoms with Crippen molar-refractivity contribution in [2.45, 2.75) is 33.3 Å². The van der Waals surface area contributed by atoms with Crippen LogP contribution in [0.15, 0.2) is 72.8 Å². The number of carbonyl (C=O) groups is 3. The van der Waals surface area contributed by atoms with Gasteiger partial charge in [0.1, 0.15) is 0 Å². The molecule has 0 aliphatic carbocycles. The van der Waals surface area contributed by atoms with Crippen LogP contribution >= 0.6 is 0 Å². The van der Waals surface area contributed by atoms with Gasteiger partial charge in [-0.2, -0.15) is 0 Å². The fraction of sp³-hybridized carbons (Fsp3) is 0.265. The largest absolute Gasteiger partial charge is 0.509 e. The zero-order valence-electron chi connectivity index (χ0n) is 23.6. The number of ether oxygens (including phenoxy) is 4. The average molecular weight is 553 g/mol. The van der Waals surface area contributed by atoms with Crippen molar-refractivity contribution in [2.24, 2.45) is 5.92 Å². The van der Waals surface area contributed by atoms with Crippen molar-refractivity contribution in [3.05, 3.63) is 106 Å². The summed E-state index contributed by atoms with van der Waals surface area (Å²) in [5, 5.41) is 0. The molecule has 1 unspecified atom stereocenters. The van der Waals surface area contributed by atoms with Gasteiger partial charge >= 0.3 is 18.1 Å². The molecule has 3 aromatic rings. The molecule has 0 spiro atoms. The van der Waals surface area contributed by atoms with Gasteiger partial charge in [0, 0.05) is 22.3 Å². The second-order valence-corrected chi connectivity index (χ2v) is 8.84. The van der Waals surface area contributed by atoms with Gasteiger partial charge in [-0.3, -0.25) is 9.59 Å². The molecule has 0 N–H and O–H groups in total. The van der Waals surface area contributed by atoms with Crippen molar-refractivity contribution in [3.63, 3.8) is 0 Å². The lowest BCUT2D eigenvalue weighted by molar-refractivity contribution is -0.161. The van der Waals surface area contributed by atoms with E-state index in [9.17, 15) is 14.4 Å². The van der Waals surface area contributed by atoms with Gasteiger partial charge in [-0.05, 0) is 62.9 Å². The number of hydrogen-bond acceptors (Lipinski definition) is 7. The molecular formula is C34H32O7. The highest BCUT2D eigenvalue weighted by Crippen LogP contribution is 2.23. The minimum Gasteiger partial charge on any atom is -0.465 e. The summed E-state index contributed by atoms with van der Waals surface area (Å²) in [6.45, 7) is 5.61. The number of esters is 2. The molecule has 0 aromatic heterocycles. The average Bonchev–Trinajstić information content (AvgIpc) is 2.98. The first-order chi connectivity index (χ1) is 19.9. The van der Waals surface area contributed by atoms with Crippen molar-refractivity contribution in [2.75, 3.05) is 20.3 Å². The van der Waals surface area contributed by atoms with Crippen LogP contribution in [-0.4, -0.2) is 38.4 Å². The normalized spacial score (nSPS) is 10.8. The molecule has 0 fully saturated rings. The van der Waals surface area contributed by atoms with Gasteiger partial charge in [-0.1, -0.05) is 71.9 Å². The third-order valence-corrected chi connectivity index (χ3v) is 5.94. The second-order valence-electron chi connectivity index (χ2n) is 8.84. The van der Waals surface area contributed by atoms with Gasteiger partial charge in [0.25, 0.3) is 0 Å². The van der Waals surface area contributed by atoms with Gasteiger partial charge in [-0.25, -0.2) is 4.79 Å². The molecule has 41 heavy (non-hydrogen) atoms. The molecule has 7 heteroatoms. The summed E-state index contributed by atoms with van der Waals surface area (Å²) in [7, 11) is 1.22. The van der Waals surface area contributed by atoms with Crippen molar-refractivity contribution in [1.82, 2.24) is 0 Å². The Kier molecular flexibility index (Phi) is 11.6. The summed E-state index contributed by atoms with van der Waals surface area (Å²) in [5.41, 5.74) is 4.37. The number of rotatable bonds is 8. The predicted octanol–water partition coefficient (Wildman–Crippen LogP) is 5.56. The number of methoxy groups -OCH3 is 1. The number of benzene rings is 3. The maximum atomic E-state index is 12.6. The second kappa shape index (κ2) is 15.5. The van der Waals surface area contributed by atoms with Crippen LogP contribution in [0.25, 0.3) is 0 Å². The maximum absolute atomic E-state index is 12.6. The Labute approximate surface area is 240 Å². The smallest absolute Gasteiger partial charge is 0.465 e. The first-order valence-electron chi connectivity index (χ1n) is 13.2. The van der Waals surface area contributed by atoms with E-state index in [2.05, 4.69) is 23.7 Å². The Morgan fingerprint density at radius 2 is 1.37 bits per heavy atom. The van der Waals surface area contributed by atoms with E-state index < -0.39 is 30.1 Å². The molecule has 0 aliphatic heterocycles. The van der Waals surface area contributed by atoms with Gasteiger partial charge in [0.15, 0.2) is 12.0 Å². The van der Waals surface area contributed by atoms with Crippen molar-refractivity contribution < 1.29 is 33.3 Å². The molecule has 1 atom stereocenters. The lowest BCUT2D eigenvalue weighted by Crippen LogP contribution is -2.30. The summed E-state index contributed by atoms with van der Waals surface area (Å²) in [6, 6.07) is 22.2. The molecule has 0 aliphatic rings. The first-order valence-corrected chi connectivity index (χ1v) is 13.2. The van der Waals surface area contributed by atoms with Crippen molar-refractivity contribution in [1.29, 1.82) is 0 Å². The van der Waals surface area contributed by atoms with Gasteiger partial charge in [-0.15, -0.1) is 0 Å². The Morgan fingerprint density at radius 1 is 0.756 bits per heavy atom. The van der Waals surface area contributed by atoms with E-state index >= 15 is 0 Å². The minimum atomic E-state index is -1.14. The molecule has 0 bridgehead atoms. The molecule has 7 nitrogen and oxygen atoms in total. The molecule has 0 amide bonds. The van der Waals surface area contributed by atoms with Crippen LogP contribution in [-0.2, 0) is 35.0 Å². The number of carbonyl (C=O) groups excluding carboxylic acids is 3. The highest BCUT2D eigenvalue weighted by molar-refractivity contribution is 5.95. The predicted molar refractivity (Wildman–Crippen MR) is 154 cm³/mol. The Bertz CT molecular complexity index is 1460. The summed E-state index contributed by atoms with van der Waals surface area (Å²) in [5.74, 6) is 9.89. The van der Waals surface area contributed by atoms with E-state index in [1.807, 2.05) is 43.3 Å². The van der Waals surface area contributed by atoms with E-state index in [1.54, 1.807) is 50.2 Å². The molecule has 0 saturated heterocycles. The maximum Gasteiger partial charge on any atom is 0.509 e. The van der Waals surface area contributed by atoms with E-state index in [1.165, 1.54) is 7.11 Å². The van der Waals surface area contributed by atoms with Crippen LogP contribution in [0.5, 0.6) is 0 Å². The fourth-order valence-corrected chi connectivity index (χ4v) is 3.86. The van der Waals surface area contributed by atoms with Gasteiger partial charge in [0.2, 0.25) is 0 Å². The number of aryl methyl sites for hydroxylation is 1. The Morgan fingerprint density at radius 3 is 2.00 bits per heavy atom. The lowest BCUT2D eigenvalue weighted by Gasteiger charge is -2.15. The summed E-state index contributed by atoms with van der Waals surface area (Å²) >= 11 is 0. The summed E-state index contributed by atoms with van der Waals surface area (Å²) < 4.78 is 20.5. The Hall–Kier alpha value is -5.01. The van der Waals surface area contributed by atoms with E-state index in [0.29, 0.717) is 22.3 Å². The molecule has 210 valence electrons. The summed E-state index contributed by atoms with van der Waals surface area (Å²) in [6.07, 6.45) is -1.88. The standard InChI is InChI=1S/C34H32O7/c1-5-39-32(35)30(33(36)40-6-2)23-28-13-8-7-11-26(28)21-22-31(41-34(37)38-4)29-14-10-9-12-27(29)20-19-25-17-15-24(3)16-18-25/h7-18,30-31H,5-6,23H2,1-4H3. The minimum absolute atomic E-state index is 0.0314. The SMILES string of the molecule is CCOC(=O)C(Cc1ccccc1C#CC(OC(=O)OC)c1ccccc1C#Cc1ccc(C)cc1)C(=O)OCC. The van der Waals surface area contributed by atoms with Gasteiger partial charge in [0.05, 0.1) is 20.3 Å². The molecular weight excluding hydrogens is 520 g/mol. The number of hydrogen-bond donors (Lipinski definition) is 0. The van der Waals surface area contributed by atoms with Crippen molar-refractivity contribution in [3.8, 4) is 23.7 Å². The molecule has 0 heterocycles. The first kappa shape index (κ1) is 30.5. The van der Waals surface area contributed by atoms with E-state index in [4.69, 9.17) is 18.9 Å². The molecule has 3 rings (SSSR count). The molecule has 0 radical (unpaired) electrons. The van der Waals surface area contributed by atoms with Crippen molar-refractivity contribution >= 4 is 18.1 Å². The van der Waals surface area contributed by atoms with Crippen LogP contribution < -0.4 is 0 Å². The summed E-state index contributed by atoms with van der Waals surface area (Å²) in [4.78, 5) is 37.3. The Balaban J connectivity index is 2.00. The topological polar surface area (TPSA) is 88.1 Å². The highest BCUT2D eigenvalue weighted by atomic mass is 16.7. The lowest BCUT2D eigenvalue weighted by atomic mass is 9.95. The zero-order chi connectivity index (χ0) is 29.6. The zero-order valence-corrected chi connectivity index (χ0v) is 23.6. The fourth-order valence-electron chi connectivity index (χ4n) is 3.86. The van der Waals surface area contributed by atoms with E-state index in [0.717, 1.165) is 11.1 Å². The van der Waals surface area contributed by atoms with Crippen LogP contribution in [0.2, 0.25) is 0 Å².